The SMILES string of the molecule is CC1CC(C(F)(F)F)=CC2=C1C2. The standard InChI is InChI=1S/C9H9F3/c1-5-2-7(9(10,11)12)3-6-4-8(5)6/h3,5H,2,4H2,1H3. The van der Waals surface area contributed by atoms with Crippen LogP contribution in [0.4, 0.5) is 13.2 Å². The third-order valence-corrected chi connectivity index (χ3v) is 2.50. The Morgan fingerprint density at radius 2 is 2.08 bits per heavy atom. The average Bonchev–Trinajstić information content (AvgIpc) is 2.63. The summed E-state index contributed by atoms with van der Waals surface area (Å²) in [5, 5.41) is 0. The van der Waals surface area contributed by atoms with Crippen LogP contribution in [0, 0.1) is 5.92 Å². The maximum Gasteiger partial charge on any atom is 0.412 e. The molecule has 0 aromatic heterocycles. The maximum absolute atomic E-state index is 12.2. The normalized spacial score (nSPS) is 28.3. The van der Waals surface area contributed by atoms with Gasteiger partial charge < -0.3 is 0 Å². The average molecular weight is 174 g/mol. The van der Waals surface area contributed by atoms with Crippen molar-refractivity contribution in [1.29, 1.82) is 0 Å². The van der Waals surface area contributed by atoms with Crippen molar-refractivity contribution in [3.8, 4) is 0 Å². The maximum atomic E-state index is 12.2. The Hall–Kier alpha value is -0.730. The van der Waals surface area contributed by atoms with Gasteiger partial charge >= 0.3 is 6.18 Å². The molecular formula is C9H9F3. The molecule has 0 amide bonds. The molecule has 66 valence electrons. The van der Waals surface area contributed by atoms with Crippen LogP contribution in [0.5, 0.6) is 0 Å². The van der Waals surface area contributed by atoms with Gasteiger partial charge in [0, 0.05) is 5.57 Å². The summed E-state index contributed by atoms with van der Waals surface area (Å²) in [5.74, 6) is 0.113. The van der Waals surface area contributed by atoms with Crippen LogP contribution >= 0.6 is 0 Å². The van der Waals surface area contributed by atoms with Crippen molar-refractivity contribution in [2.24, 2.45) is 5.92 Å². The lowest BCUT2D eigenvalue weighted by Crippen LogP contribution is -2.15. The molecule has 0 aromatic rings. The van der Waals surface area contributed by atoms with Gasteiger partial charge in [-0.2, -0.15) is 13.2 Å². The van der Waals surface area contributed by atoms with Crippen LogP contribution in [0.1, 0.15) is 19.8 Å². The van der Waals surface area contributed by atoms with Crippen molar-refractivity contribution < 1.29 is 13.2 Å². The highest BCUT2D eigenvalue weighted by Crippen LogP contribution is 2.48. The molecule has 1 unspecified atom stereocenters. The molecule has 2 aliphatic rings. The Bertz CT molecular complexity index is 281. The molecule has 0 aromatic carbocycles. The van der Waals surface area contributed by atoms with E-state index in [0.717, 1.165) is 12.0 Å². The van der Waals surface area contributed by atoms with E-state index in [1.807, 2.05) is 6.92 Å². The molecule has 0 saturated heterocycles. The molecule has 0 radical (unpaired) electrons. The van der Waals surface area contributed by atoms with Crippen LogP contribution in [-0.2, 0) is 0 Å². The van der Waals surface area contributed by atoms with E-state index >= 15 is 0 Å². The second-order valence-corrected chi connectivity index (χ2v) is 3.50. The van der Waals surface area contributed by atoms with Crippen LogP contribution in [0.15, 0.2) is 22.8 Å². The number of allylic oxidation sites excluding steroid dienone is 4. The second kappa shape index (κ2) is 2.15. The number of hydrogen-bond acceptors (Lipinski definition) is 0. The van der Waals surface area contributed by atoms with E-state index in [2.05, 4.69) is 0 Å². The Labute approximate surface area is 68.8 Å². The molecule has 12 heavy (non-hydrogen) atoms. The van der Waals surface area contributed by atoms with Gasteiger partial charge in [0.2, 0.25) is 0 Å². The summed E-state index contributed by atoms with van der Waals surface area (Å²) in [5.41, 5.74) is 1.79. The van der Waals surface area contributed by atoms with Gasteiger partial charge in [0.15, 0.2) is 0 Å². The summed E-state index contributed by atoms with van der Waals surface area (Å²) in [6, 6.07) is 0. The molecule has 0 aliphatic heterocycles. The third-order valence-electron chi connectivity index (χ3n) is 2.50. The fourth-order valence-corrected chi connectivity index (χ4v) is 1.72. The van der Waals surface area contributed by atoms with Crippen LogP contribution in [-0.4, -0.2) is 6.18 Å². The van der Waals surface area contributed by atoms with E-state index in [9.17, 15) is 13.2 Å². The monoisotopic (exact) mass is 174 g/mol. The summed E-state index contributed by atoms with van der Waals surface area (Å²) in [4.78, 5) is 0. The zero-order valence-electron chi connectivity index (χ0n) is 6.70. The zero-order valence-corrected chi connectivity index (χ0v) is 6.70. The Kier molecular flexibility index (Phi) is 1.41. The van der Waals surface area contributed by atoms with Gasteiger partial charge in [-0.05, 0) is 24.3 Å². The van der Waals surface area contributed by atoms with Crippen molar-refractivity contribution in [2.75, 3.05) is 0 Å². The van der Waals surface area contributed by atoms with Crippen molar-refractivity contribution >= 4 is 0 Å². The summed E-state index contributed by atoms with van der Waals surface area (Å²) in [6.45, 7) is 1.86. The van der Waals surface area contributed by atoms with E-state index in [0.29, 0.717) is 0 Å². The quantitative estimate of drug-likeness (QED) is 0.529. The molecule has 0 fully saturated rings. The first-order chi connectivity index (χ1) is 5.48. The minimum atomic E-state index is -4.12. The molecule has 3 heteroatoms. The lowest BCUT2D eigenvalue weighted by molar-refractivity contribution is -0.0949. The van der Waals surface area contributed by atoms with Gasteiger partial charge in [0.05, 0.1) is 0 Å². The molecule has 0 nitrogen and oxygen atoms in total. The van der Waals surface area contributed by atoms with Crippen molar-refractivity contribution in [2.45, 2.75) is 25.9 Å². The van der Waals surface area contributed by atoms with Gasteiger partial charge in [-0.1, -0.05) is 18.6 Å². The van der Waals surface area contributed by atoms with Crippen molar-refractivity contribution in [3.05, 3.63) is 22.8 Å². The molecule has 0 heterocycles. The van der Waals surface area contributed by atoms with Crippen LogP contribution in [0.25, 0.3) is 0 Å². The topological polar surface area (TPSA) is 0 Å². The lowest BCUT2D eigenvalue weighted by atomic mass is 9.95. The van der Waals surface area contributed by atoms with E-state index in [4.69, 9.17) is 0 Å². The Balaban J connectivity index is 2.25. The van der Waals surface area contributed by atoms with Crippen molar-refractivity contribution in [3.63, 3.8) is 0 Å². The highest BCUT2D eigenvalue weighted by Gasteiger charge is 2.40. The second-order valence-electron chi connectivity index (χ2n) is 3.50. The van der Waals surface area contributed by atoms with Crippen LogP contribution in [0.3, 0.4) is 0 Å². The predicted molar refractivity (Wildman–Crippen MR) is 39.6 cm³/mol. The summed E-state index contributed by atoms with van der Waals surface area (Å²) in [7, 11) is 0. The molecule has 0 N–H and O–H groups in total. The number of rotatable bonds is 0. The largest absolute Gasteiger partial charge is 0.412 e. The first-order valence-electron chi connectivity index (χ1n) is 3.98. The Morgan fingerprint density at radius 1 is 1.42 bits per heavy atom. The van der Waals surface area contributed by atoms with Gasteiger partial charge in [-0.15, -0.1) is 0 Å². The smallest absolute Gasteiger partial charge is 0.166 e. The summed E-state index contributed by atoms with van der Waals surface area (Å²) < 4.78 is 36.6. The van der Waals surface area contributed by atoms with E-state index in [-0.39, 0.29) is 17.9 Å². The Morgan fingerprint density at radius 3 is 2.58 bits per heavy atom. The molecule has 0 spiro atoms. The molecule has 1 atom stereocenters. The van der Waals surface area contributed by atoms with Gasteiger partial charge in [-0.3, -0.25) is 0 Å². The number of halogens is 3. The minimum Gasteiger partial charge on any atom is -0.166 e. The first-order valence-corrected chi connectivity index (χ1v) is 3.98. The third kappa shape index (κ3) is 1.17. The van der Waals surface area contributed by atoms with Gasteiger partial charge in [-0.25, -0.2) is 0 Å². The lowest BCUT2D eigenvalue weighted by Gasteiger charge is -2.16. The molecule has 2 rings (SSSR count). The van der Waals surface area contributed by atoms with E-state index in [1.165, 1.54) is 11.6 Å². The fourth-order valence-electron chi connectivity index (χ4n) is 1.72. The summed E-state index contributed by atoms with van der Waals surface area (Å²) >= 11 is 0. The fraction of sp³-hybridized carbons (Fsp3) is 0.556. The van der Waals surface area contributed by atoms with Gasteiger partial charge in [0.1, 0.15) is 0 Å². The first kappa shape index (κ1) is 7.90. The van der Waals surface area contributed by atoms with E-state index in [1.54, 1.807) is 0 Å². The van der Waals surface area contributed by atoms with Crippen molar-refractivity contribution in [1.82, 2.24) is 0 Å². The van der Waals surface area contributed by atoms with Crippen LogP contribution in [0.2, 0.25) is 0 Å². The summed E-state index contributed by atoms with van der Waals surface area (Å²) in [6.07, 6.45) is -1.83. The molecular weight excluding hydrogens is 165 g/mol. The minimum absolute atomic E-state index is 0.113. The number of hydrogen-bond donors (Lipinski definition) is 0. The predicted octanol–water partition coefficient (Wildman–Crippen LogP) is 3.22. The highest BCUT2D eigenvalue weighted by molar-refractivity contribution is 5.50. The highest BCUT2D eigenvalue weighted by atomic mass is 19.4. The molecule has 2 aliphatic carbocycles. The van der Waals surface area contributed by atoms with Crippen LogP contribution < -0.4 is 0 Å². The zero-order chi connectivity index (χ0) is 8.93. The molecule has 0 bridgehead atoms. The number of alkyl halides is 3. The molecule has 0 saturated carbocycles. The van der Waals surface area contributed by atoms with Gasteiger partial charge in [0.25, 0.3) is 0 Å². The van der Waals surface area contributed by atoms with E-state index < -0.39 is 6.18 Å².